The second-order valence-corrected chi connectivity index (χ2v) is 4.75. The van der Waals surface area contributed by atoms with Gasteiger partial charge in [-0.15, -0.1) is 0 Å². The summed E-state index contributed by atoms with van der Waals surface area (Å²) in [4.78, 5) is 22.8. The SMILES string of the molecule is O=C(O)C1(C(=O)Nc2c(Cl)cccc2Cl)CC1. The summed E-state index contributed by atoms with van der Waals surface area (Å²) < 4.78 is 0. The zero-order valence-electron chi connectivity index (χ0n) is 8.67. The number of aliphatic carboxylic acids is 1. The summed E-state index contributed by atoms with van der Waals surface area (Å²) in [6.07, 6.45) is 0.687. The van der Waals surface area contributed by atoms with Gasteiger partial charge in [-0.2, -0.15) is 0 Å². The molecule has 0 saturated heterocycles. The van der Waals surface area contributed by atoms with Crippen LogP contribution in [0.15, 0.2) is 18.2 Å². The van der Waals surface area contributed by atoms with Crippen LogP contribution in [0.25, 0.3) is 0 Å². The van der Waals surface area contributed by atoms with E-state index in [0.29, 0.717) is 12.8 Å². The van der Waals surface area contributed by atoms with Crippen molar-refractivity contribution >= 4 is 40.8 Å². The average Bonchev–Trinajstić information content (AvgIpc) is 3.04. The first kappa shape index (κ1) is 12.2. The molecule has 0 heterocycles. The molecule has 0 aliphatic heterocycles. The van der Waals surface area contributed by atoms with Gasteiger partial charge < -0.3 is 10.4 Å². The third kappa shape index (κ3) is 2.10. The van der Waals surface area contributed by atoms with Gasteiger partial charge in [0.1, 0.15) is 5.41 Å². The summed E-state index contributed by atoms with van der Waals surface area (Å²) in [5.74, 6) is -1.68. The van der Waals surface area contributed by atoms with E-state index in [1.165, 1.54) is 0 Å². The summed E-state index contributed by atoms with van der Waals surface area (Å²) >= 11 is 11.8. The van der Waals surface area contributed by atoms with Gasteiger partial charge >= 0.3 is 5.97 Å². The molecule has 1 aromatic rings. The van der Waals surface area contributed by atoms with Crippen LogP contribution in [-0.4, -0.2) is 17.0 Å². The van der Waals surface area contributed by atoms with Crippen molar-refractivity contribution in [2.45, 2.75) is 12.8 Å². The number of anilines is 1. The van der Waals surface area contributed by atoms with Crippen molar-refractivity contribution in [1.29, 1.82) is 0 Å². The van der Waals surface area contributed by atoms with Crippen LogP contribution in [0.2, 0.25) is 10.0 Å². The van der Waals surface area contributed by atoms with E-state index in [1.807, 2.05) is 0 Å². The van der Waals surface area contributed by atoms with Gasteiger partial charge in [-0.05, 0) is 25.0 Å². The Labute approximate surface area is 108 Å². The lowest BCUT2D eigenvalue weighted by Crippen LogP contribution is -2.31. The van der Waals surface area contributed by atoms with Gasteiger partial charge in [0, 0.05) is 0 Å². The number of carboxylic acid groups (broad SMARTS) is 1. The normalized spacial score (nSPS) is 16.4. The fraction of sp³-hybridized carbons (Fsp3) is 0.273. The summed E-state index contributed by atoms with van der Waals surface area (Å²) in [5, 5.41) is 12.0. The number of para-hydroxylation sites is 1. The van der Waals surface area contributed by atoms with Crippen molar-refractivity contribution in [2.75, 3.05) is 5.32 Å². The van der Waals surface area contributed by atoms with Crippen LogP contribution < -0.4 is 5.32 Å². The minimum absolute atomic E-state index is 0.258. The second-order valence-electron chi connectivity index (χ2n) is 3.94. The Balaban J connectivity index is 2.23. The highest BCUT2D eigenvalue weighted by molar-refractivity contribution is 6.40. The van der Waals surface area contributed by atoms with Gasteiger partial charge in [0.15, 0.2) is 0 Å². The highest BCUT2D eigenvalue weighted by Gasteiger charge is 2.57. The van der Waals surface area contributed by atoms with Gasteiger partial charge in [-0.3, -0.25) is 9.59 Å². The Kier molecular flexibility index (Phi) is 3.02. The Morgan fingerprint density at radius 1 is 1.24 bits per heavy atom. The quantitative estimate of drug-likeness (QED) is 0.833. The maximum atomic E-state index is 11.8. The summed E-state index contributed by atoms with van der Waals surface area (Å²) in [6, 6.07) is 4.79. The molecule has 1 aliphatic carbocycles. The highest BCUT2D eigenvalue weighted by atomic mass is 35.5. The van der Waals surface area contributed by atoms with E-state index in [4.69, 9.17) is 28.3 Å². The molecule has 1 fully saturated rings. The molecule has 0 bridgehead atoms. The summed E-state index contributed by atoms with van der Waals surface area (Å²) in [5.41, 5.74) is -1.05. The molecule has 4 nitrogen and oxygen atoms in total. The number of hydrogen-bond acceptors (Lipinski definition) is 2. The number of nitrogens with one attached hydrogen (secondary N) is 1. The van der Waals surface area contributed by atoms with Crippen molar-refractivity contribution in [3.63, 3.8) is 0 Å². The third-order valence-electron chi connectivity index (χ3n) is 2.80. The number of benzene rings is 1. The Morgan fingerprint density at radius 3 is 2.18 bits per heavy atom. The molecule has 0 radical (unpaired) electrons. The second kappa shape index (κ2) is 4.20. The van der Waals surface area contributed by atoms with Crippen molar-refractivity contribution in [2.24, 2.45) is 5.41 Å². The molecular formula is C11H9Cl2NO3. The molecule has 1 aliphatic rings. The zero-order chi connectivity index (χ0) is 12.6. The van der Waals surface area contributed by atoms with Crippen molar-refractivity contribution < 1.29 is 14.7 Å². The molecule has 0 atom stereocenters. The number of halogens is 2. The number of amides is 1. The number of carbonyl (C=O) groups excluding carboxylic acids is 1. The minimum atomic E-state index is -1.30. The molecule has 90 valence electrons. The van der Waals surface area contributed by atoms with Crippen LogP contribution in [0, 0.1) is 5.41 Å². The maximum absolute atomic E-state index is 11.8. The van der Waals surface area contributed by atoms with E-state index in [-0.39, 0.29) is 15.7 Å². The molecule has 1 amide bonds. The first-order valence-electron chi connectivity index (χ1n) is 4.96. The lowest BCUT2D eigenvalue weighted by molar-refractivity contribution is -0.147. The Hall–Kier alpha value is -1.26. The number of carbonyl (C=O) groups is 2. The first-order valence-corrected chi connectivity index (χ1v) is 5.72. The highest BCUT2D eigenvalue weighted by Crippen LogP contribution is 2.47. The lowest BCUT2D eigenvalue weighted by atomic mass is 10.1. The monoisotopic (exact) mass is 273 g/mol. The van der Waals surface area contributed by atoms with Crippen LogP contribution in [0.1, 0.15) is 12.8 Å². The maximum Gasteiger partial charge on any atom is 0.319 e. The van der Waals surface area contributed by atoms with Crippen LogP contribution in [-0.2, 0) is 9.59 Å². The molecule has 2 rings (SSSR count). The molecule has 0 unspecified atom stereocenters. The van der Waals surface area contributed by atoms with Gasteiger partial charge in [0.25, 0.3) is 0 Å². The average molecular weight is 274 g/mol. The van der Waals surface area contributed by atoms with Gasteiger partial charge in [-0.1, -0.05) is 29.3 Å². The topological polar surface area (TPSA) is 66.4 Å². The molecule has 6 heteroatoms. The van der Waals surface area contributed by atoms with Crippen molar-refractivity contribution in [1.82, 2.24) is 0 Å². The summed E-state index contributed by atoms with van der Waals surface area (Å²) in [6.45, 7) is 0. The predicted molar refractivity (Wildman–Crippen MR) is 64.4 cm³/mol. The van der Waals surface area contributed by atoms with E-state index in [1.54, 1.807) is 18.2 Å². The largest absolute Gasteiger partial charge is 0.480 e. The number of hydrogen-bond donors (Lipinski definition) is 2. The molecule has 2 N–H and O–H groups in total. The molecule has 0 aromatic heterocycles. The first-order chi connectivity index (χ1) is 7.97. The van der Waals surface area contributed by atoms with Crippen LogP contribution in [0.4, 0.5) is 5.69 Å². The third-order valence-corrected chi connectivity index (χ3v) is 3.43. The molecular weight excluding hydrogens is 265 g/mol. The Bertz CT molecular complexity index is 477. The number of carboxylic acids is 1. The number of rotatable bonds is 3. The van der Waals surface area contributed by atoms with Crippen LogP contribution >= 0.6 is 23.2 Å². The van der Waals surface area contributed by atoms with E-state index in [0.717, 1.165) is 0 Å². The fourth-order valence-corrected chi connectivity index (χ4v) is 2.01. The Morgan fingerprint density at radius 2 is 1.76 bits per heavy atom. The summed E-state index contributed by atoms with van der Waals surface area (Å²) in [7, 11) is 0. The van der Waals surface area contributed by atoms with E-state index >= 15 is 0 Å². The van der Waals surface area contributed by atoms with Crippen molar-refractivity contribution in [3.8, 4) is 0 Å². The standard InChI is InChI=1S/C11H9Cl2NO3/c12-6-2-1-3-7(13)8(6)14-9(15)11(4-5-11)10(16)17/h1-3H,4-5H2,(H,14,15)(H,16,17). The van der Waals surface area contributed by atoms with Gasteiger partial charge in [-0.25, -0.2) is 0 Å². The lowest BCUT2D eigenvalue weighted by Gasteiger charge is -2.13. The minimum Gasteiger partial charge on any atom is -0.480 e. The smallest absolute Gasteiger partial charge is 0.319 e. The fourth-order valence-electron chi connectivity index (χ4n) is 1.51. The molecule has 17 heavy (non-hydrogen) atoms. The van der Waals surface area contributed by atoms with Crippen LogP contribution in [0.3, 0.4) is 0 Å². The predicted octanol–water partition coefficient (Wildman–Crippen LogP) is 2.80. The van der Waals surface area contributed by atoms with Gasteiger partial charge in [0.05, 0.1) is 15.7 Å². The molecule has 0 spiro atoms. The molecule has 1 saturated carbocycles. The van der Waals surface area contributed by atoms with E-state index in [9.17, 15) is 9.59 Å². The van der Waals surface area contributed by atoms with E-state index in [2.05, 4.69) is 5.32 Å². The molecule has 1 aromatic carbocycles. The van der Waals surface area contributed by atoms with E-state index < -0.39 is 17.3 Å². The van der Waals surface area contributed by atoms with Gasteiger partial charge in [0.2, 0.25) is 5.91 Å². The van der Waals surface area contributed by atoms with Crippen molar-refractivity contribution in [3.05, 3.63) is 28.2 Å². The zero-order valence-corrected chi connectivity index (χ0v) is 10.2. The van der Waals surface area contributed by atoms with Crippen LogP contribution in [0.5, 0.6) is 0 Å².